The molecule has 7 heteroatoms. The van der Waals surface area contributed by atoms with Crippen LogP contribution in [0.5, 0.6) is 6.01 Å². The molecule has 2 aromatic heterocycles. The Bertz CT molecular complexity index is 1110. The van der Waals surface area contributed by atoms with Crippen LogP contribution in [-0.4, -0.2) is 56.7 Å². The molecule has 172 valence electrons. The first kappa shape index (κ1) is 21.6. The SMILES string of the molecule is Cc1c(C(=O)N2CCC3(CC2)CC(Oc2ncccn2)CCO3)cc(-c2ccccc2)n1C. The average molecular weight is 447 g/mol. The Morgan fingerprint density at radius 3 is 2.58 bits per heavy atom. The molecule has 3 aromatic rings. The lowest BCUT2D eigenvalue weighted by Crippen LogP contribution is -2.52. The van der Waals surface area contributed by atoms with Crippen LogP contribution in [0.25, 0.3) is 11.3 Å². The Morgan fingerprint density at radius 1 is 1.12 bits per heavy atom. The number of carbonyl (C=O) groups excluding carboxylic acids is 1. The summed E-state index contributed by atoms with van der Waals surface area (Å²) in [7, 11) is 2.02. The van der Waals surface area contributed by atoms with E-state index in [0.717, 1.165) is 48.2 Å². The zero-order chi connectivity index (χ0) is 22.8. The lowest BCUT2D eigenvalue weighted by Gasteiger charge is -2.45. The molecule has 0 radical (unpaired) electrons. The van der Waals surface area contributed by atoms with Gasteiger partial charge in [-0.05, 0) is 37.5 Å². The van der Waals surface area contributed by atoms with Crippen LogP contribution in [0.15, 0.2) is 54.9 Å². The number of aromatic nitrogens is 3. The van der Waals surface area contributed by atoms with Crippen LogP contribution in [0.2, 0.25) is 0 Å². The van der Waals surface area contributed by atoms with Crippen molar-refractivity contribution >= 4 is 5.91 Å². The Balaban J connectivity index is 1.25. The van der Waals surface area contributed by atoms with E-state index < -0.39 is 0 Å². The van der Waals surface area contributed by atoms with Gasteiger partial charge in [-0.25, -0.2) is 9.97 Å². The maximum Gasteiger partial charge on any atom is 0.316 e. The molecule has 2 saturated heterocycles. The highest BCUT2D eigenvalue weighted by molar-refractivity contribution is 5.97. The average Bonchev–Trinajstić information content (AvgIpc) is 3.15. The maximum atomic E-state index is 13.4. The van der Waals surface area contributed by atoms with Crippen molar-refractivity contribution in [3.05, 3.63) is 66.1 Å². The van der Waals surface area contributed by atoms with Crippen LogP contribution in [0.3, 0.4) is 0 Å². The fourth-order valence-corrected chi connectivity index (χ4v) is 5.02. The monoisotopic (exact) mass is 446 g/mol. The molecular formula is C26H30N4O3. The minimum absolute atomic E-state index is 0.0354. The van der Waals surface area contributed by atoms with Gasteiger partial charge in [0.05, 0.1) is 17.8 Å². The molecule has 1 atom stereocenters. The molecule has 2 fully saturated rings. The third-order valence-electron chi connectivity index (χ3n) is 7.06. The minimum atomic E-state index is -0.241. The standard InChI is InChI=1S/C26H30N4O3/c1-19-22(17-23(29(19)2)20-7-4-3-5-8-20)24(31)30-14-10-26(11-15-30)18-21(9-16-32-26)33-25-27-12-6-13-28-25/h3-8,12-13,17,21H,9-11,14-16,18H2,1-2H3. The molecule has 4 heterocycles. The number of ether oxygens (including phenoxy) is 2. The molecule has 33 heavy (non-hydrogen) atoms. The molecule has 2 aliphatic heterocycles. The van der Waals surface area contributed by atoms with Crippen molar-refractivity contribution in [3.63, 3.8) is 0 Å². The van der Waals surface area contributed by atoms with E-state index in [1.165, 1.54) is 0 Å². The topological polar surface area (TPSA) is 69.5 Å². The molecule has 7 nitrogen and oxygen atoms in total. The van der Waals surface area contributed by atoms with Gasteiger partial charge in [0.15, 0.2) is 0 Å². The quantitative estimate of drug-likeness (QED) is 0.605. The van der Waals surface area contributed by atoms with Crippen molar-refractivity contribution in [2.45, 2.75) is 44.3 Å². The fraction of sp³-hybridized carbons (Fsp3) is 0.423. The number of carbonyl (C=O) groups is 1. The second-order valence-corrected chi connectivity index (χ2v) is 9.04. The summed E-state index contributed by atoms with van der Waals surface area (Å²) in [6, 6.07) is 14.4. The van der Waals surface area contributed by atoms with Crippen molar-refractivity contribution in [1.29, 1.82) is 0 Å². The lowest BCUT2D eigenvalue weighted by molar-refractivity contribution is -0.136. The van der Waals surface area contributed by atoms with Crippen molar-refractivity contribution < 1.29 is 14.3 Å². The normalized spacial score (nSPS) is 20.1. The van der Waals surface area contributed by atoms with Crippen LogP contribution in [0.1, 0.15) is 41.7 Å². The second-order valence-electron chi connectivity index (χ2n) is 9.04. The van der Waals surface area contributed by atoms with E-state index in [1.54, 1.807) is 18.5 Å². The summed E-state index contributed by atoms with van der Waals surface area (Å²) in [5.74, 6) is 0.0985. The van der Waals surface area contributed by atoms with Crippen molar-refractivity contribution in [2.75, 3.05) is 19.7 Å². The molecule has 1 spiro atoms. The highest BCUT2D eigenvalue weighted by atomic mass is 16.5. The van der Waals surface area contributed by atoms with E-state index in [0.29, 0.717) is 25.7 Å². The highest BCUT2D eigenvalue weighted by Crippen LogP contribution is 2.37. The fourth-order valence-electron chi connectivity index (χ4n) is 5.02. The Hall–Kier alpha value is -3.19. The molecule has 0 aliphatic carbocycles. The molecule has 1 amide bonds. The van der Waals surface area contributed by atoms with Crippen LogP contribution in [0, 0.1) is 6.92 Å². The van der Waals surface area contributed by atoms with E-state index in [4.69, 9.17) is 9.47 Å². The minimum Gasteiger partial charge on any atom is -0.460 e. The van der Waals surface area contributed by atoms with Gasteiger partial charge in [-0.1, -0.05) is 30.3 Å². The van der Waals surface area contributed by atoms with Crippen LogP contribution >= 0.6 is 0 Å². The third kappa shape index (κ3) is 4.37. The summed E-state index contributed by atoms with van der Waals surface area (Å²) in [6.07, 6.45) is 6.67. The second kappa shape index (κ2) is 8.98. The van der Waals surface area contributed by atoms with Gasteiger partial charge in [-0.2, -0.15) is 0 Å². The number of amides is 1. The Kier molecular flexibility index (Phi) is 5.89. The summed E-state index contributed by atoms with van der Waals surface area (Å²) in [5, 5.41) is 0. The van der Waals surface area contributed by atoms with Gasteiger partial charge in [0.25, 0.3) is 5.91 Å². The molecule has 1 unspecified atom stereocenters. The first-order valence-electron chi connectivity index (χ1n) is 11.6. The summed E-state index contributed by atoms with van der Waals surface area (Å²) < 4.78 is 14.4. The van der Waals surface area contributed by atoms with Gasteiger partial charge in [-0.3, -0.25) is 4.79 Å². The smallest absolute Gasteiger partial charge is 0.316 e. The number of nitrogens with zero attached hydrogens (tertiary/aromatic N) is 4. The van der Waals surface area contributed by atoms with E-state index in [-0.39, 0.29) is 17.6 Å². The van der Waals surface area contributed by atoms with Gasteiger partial charge in [-0.15, -0.1) is 0 Å². The zero-order valence-corrected chi connectivity index (χ0v) is 19.2. The molecular weight excluding hydrogens is 416 g/mol. The van der Waals surface area contributed by atoms with Crippen LogP contribution in [-0.2, 0) is 11.8 Å². The molecule has 1 aromatic carbocycles. The molecule has 0 bridgehead atoms. The van der Waals surface area contributed by atoms with Gasteiger partial charge in [0.2, 0.25) is 0 Å². The highest BCUT2D eigenvalue weighted by Gasteiger charge is 2.42. The number of benzene rings is 1. The van der Waals surface area contributed by atoms with Gasteiger partial charge in [0.1, 0.15) is 6.10 Å². The molecule has 0 N–H and O–H groups in total. The van der Waals surface area contributed by atoms with E-state index in [2.05, 4.69) is 26.7 Å². The summed E-state index contributed by atoms with van der Waals surface area (Å²) in [5.41, 5.74) is 3.70. The number of hydrogen-bond acceptors (Lipinski definition) is 5. The van der Waals surface area contributed by atoms with Gasteiger partial charge >= 0.3 is 6.01 Å². The number of piperidine rings is 1. The number of hydrogen-bond donors (Lipinski definition) is 0. The van der Waals surface area contributed by atoms with Gasteiger partial charge in [0, 0.05) is 56.8 Å². The molecule has 2 aliphatic rings. The van der Waals surface area contributed by atoms with Crippen molar-refractivity contribution in [1.82, 2.24) is 19.4 Å². The summed E-state index contributed by atoms with van der Waals surface area (Å²) >= 11 is 0. The Labute approximate surface area is 194 Å². The Morgan fingerprint density at radius 2 is 1.85 bits per heavy atom. The van der Waals surface area contributed by atoms with E-state index in [1.807, 2.05) is 43.1 Å². The maximum absolute atomic E-state index is 13.4. The lowest BCUT2D eigenvalue weighted by atomic mass is 9.83. The van der Waals surface area contributed by atoms with Crippen LogP contribution in [0.4, 0.5) is 0 Å². The first-order chi connectivity index (χ1) is 16.0. The summed E-state index contributed by atoms with van der Waals surface area (Å²) in [4.78, 5) is 23.8. The zero-order valence-electron chi connectivity index (χ0n) is 19.2. The van der Waals surface area contributed by atoms with E-state index >= 15 is 0 Å². The summed E-state index contributed by atoms with van der Waals surface area (Å²) in [6.45, 7) is 4.04. The van der Waals surface area contributed by atoms with Crippen LogP contribution < -0.4 is 4.74 Å². The predicted molar refractivity (Wildman–Crippen MR) is 125 cm³/mol. The molecule has 0 saturated carbocycles. The van der Waals surface area contributed by atoms with Gasteiger partial charge < -0.3 is 18.9 Å². The van der Waals surface area contributed by atoms with E-state index in [9.17, 15) is 4.79 Å². The third-order valence-corrected chi connectivity index (χ3v) is 7.06. The largest absolute Gasteiger partial charge is 0.460 e. The predicted octanol–water partition coefficient (Wildman–Crippen LogP) is 4.02. The number of likely N-dealkylation sites (tertiary alicyclic amines) is 1. The number of rotatable bonds is 4. The molecule has 5 rings (SSSR count). The van der Waals surface area contributed by atoms with Crippen molar-refractivity contribution in [3.8, 4) is 17.3 Å². The first-order valence-corrected chi connectivity index (χ1v) is 11.6. The van der Waals surface area contributed by atoms with Crippen molar-refractivity contribution in [2.24, 2.45) is 7.05 Å².